The smallest absolute Gasteiger partial charge is 0.341 e. The molecule has 0 aliphatic heterocycles. The summed E-state index contributed by atoms with van der Waals surface area (Å²) < 4.78 is 5.48. The minimum absolute atomic E-state index is 0.0885. The Balaban J connectivity index is 1.97. The van der Waals surface area contributed by atoms with Crippen LogP contribution in [0.5, 0.6) is 5.75 Å². The molecule has 18 heavy (non-hydrogen) atoms. The van der Waals surface area contributed by atoms with Crippen LogP contribution in [0.25, 0.3) is 0 Å². The van der Waals surface area contributed by atoms with Crippen molar-refractivity contribution in [2.45, 2.75) is 6.42 Å². The molecule has 1 N–H and O–H groups in total. The van der Waals surface area contributed by atoms with E-state index in [9.17, 15) is 4.79 Å². The van der Waals surface area contributed by atoms with E-state index < -0.39 is 5.97 Å². The van der Waals surface area contributed by atoms with Crippen molar-refractivity contribution in [3.05, 3.63) is 59.9 Å². The van der Waals surface area contributed by atoms with E-state index in [1.807, 2.05) is 30.3 Å². The van der Waals surface area contributed by atoms with Gasteiger partial charge < -0.3 is 9.84 Å². The molecule has 2 aromatic rings. The van der Waals surface area contributed by atoms with Gasteiger partial charge in [0.05, 0.1) is 6.61 Å². The molecule has 0 saturated heterocycles. The number of hydrogen-bond donors (Lipinski definition) is 1. The van der Waals surface area contributed by atoms with E-state index >= 15 is 0 Å². The number of carboxylic acid groups (broad SMARTS) is 1. The molecule has 0 saturated carbocycles. The van der Waals surface area contributed by atoms with Gasteiger partial charge >= 0.3 is 5.97 Å². The van der Waals surface area contributed by atoms with Gasteiger partial charge in [0.15, 0.2) is 0 Å². The molecule has 0 aliphatic rings. The summed E-state index contributed by atoms with van der Waals surface area (Å²) in [4.78, 5) is 14.7. The topological polar surface area (TPSA) is 59.4 Å². The SMILES string of the molecule is O=C(O)c1cnccc1OCCc1ccccc1. The molecule has 0 aliphatic carbocycles. The predicted octanol–water partition coefficient (Wildman–Crippen LogP) is 2.40. The minimum Gasteiger partial charge on any atom is -0.492 e. The van der Waals surface area contributed by atoms with E-state index in [-0.39, 0.29) is 5.56 Å². The highest BCUT2D eigenvalue weighted by atomic mass is 16.5. The summed E-state index contributed by atoms with van der Waals surface area (Å²) in [6, 6.07) is 11.5. The molecule has 92 valence electrons. The van der Waals surface area contributed by atoms with Crippen LogP contribution in [0.2, 0.25) is 0 Å². The number of pyridine rings is 1. The fourth-order valence-electron chi connectivity index (χ4n) is 1.59. The van der Waals surface area contributed by atoms with E-state index in [1.54, 1.807) is 6.07 Å². The number of benzene rings is 1. The van der Waals surface area contributed by atoms with Gasteiger partial charge in [0.1, 0.15) is 11.3 Å². The molecule has 0 radical (unpaired) electrons. The number of ether oxygens (including phenoxy) is 1. The van der Waals surface area contributed by atoms with Crippen LogP contribution in [0.3, 0.4) is 0 Å². The lowest BCUT2D eigenvalue weighted by molar-refractivity contribution is 0.0692. The Morgan fingerprint density at radius 2 is 2.00 bits per heavy atom. The standard InChI is InChI=1S/C14H13NO3/c16-14(17)12-10-15-8-6-13(12)18-9-7-11-4-2-1-3-5-11/h1-6,8,10H,7,9H2,(H,16,17). The zero-order valence-electron chi connectivity index (χ0n) is 9.74. The van der Waals surface area contributed by atoms with Crippen LogP contribution in [0.15, 0.2) is 48.8 Å². The molecule has 0 amide bonds. The van der Waals surface area contributed by atoms with E-state index in [4.69, 9.17) is 9.84 Å². The fourth-order valence-corrected chi connectivity index (χ4v) is 1.59. The predicted molar refractivity (Wildman–Crippen MR) is 66.8 cm³/mol. The first-order chi connectivity index (χ1) is 8.77. The van der Waals surface area contributed by atoms with E-state index in [0.717, 1.165) is 12.0 Å². The Kier molecular flexibility index (Phi) is 3.91. The van der Waals surface area contributed by atoms with Crippen molar-refractivity contribution in [2.24, 2.45) is 0 Å². The Morgan fingerprint density at radius 1 is 1.22 bits per heavy atom. The van der Waals surface area contributed by atoms with E-state index in [1.165, 1.54) is 12.4 Å². The van der Waals surface area contributed by atoms with Crippen LogP contribution in [0.1, 0.15) is 15.9 Å². The third kappa shape index (κ3) is 3.07. The molecule has 4 nitrogen and oxygen atoms in total. The number of nitrogens with zero attached hydrogens (tertiary/aromatic N) is 1. The van der Waals surface area contributed by atoms with Gasteiger partial charge in [-0.2, -0.15) is 0 Å². The van der Waals surface area contributed by atoms with Gasteiger partial charge in [0.2, 0.25) is 0 Å². The second kappa shape index (κ2) is 5.82. The molecule has 1 heterocycles. The molecule has 1 aromatic carbocycles. The van der Waals surface area contributed by atoms with Crippen molar-refractivity contribution in [1.29, 1.82) is 0 Å². The zero-order chi connectivity index (χ0) is 12.8. The van der Waals surface area contributed by atoms with E-state index in [2.05, 4.69) is 4.98 Å². The number of carboxylic acids is 1. The summed E-state index contributed by atoms with van der Waals surface area (Å²) in [6.45, 7) is 0.439. The van der Waals surface area contributed by atoms with Crippen LogP contribution in [0.4, 0.5) is 0 Å². The summed E-state index contributed by atoms with van der Waals surface area (Å²) in [5, 5.41) is 8.96. The molecule has 1 aromatic heterocycles. The molecular weight excluding hydrogens is 230 g/mol. The molecule has 0 unspecified atom stereocenters. The lowest BCUT2D eigenvalue weighted by Gasteiger charge is -2.08. The van der Waals surface area contributed by atoms with Crippen molar-refractivity contribution in [1.82, 2.24) is 4.98 Å². The number of aromatic carboxylic acids is 1. The van der Waals surface area contributed by atoms with Gasteiger partial charge in [0.25, 0.3) is 0 Å². The maximum Gasteiger partial charge on any atom is 0.341 e. The summed E-state index contributed by atoms with van der Waals surface area (Å²) in [5.41, 5.74) is 1.24. The lowest BCUT2D eigenvalue weighted by Crippen LogP contribution is -2.06. The van der Waals surface area contributed by atoms with Gasteiger partial charge in [-0.05, 0) is 11.6 Å². The summed E-state index contributed by atoms with van der Waals surface area (Å²) >= 11 is 0. The van der Waals surface area contributed by atoms with Crippen LogP contribution in [-0.4, -0.2) is 22.7 Å². The molecule has 2 rings (SSSR count). The molecule has 0 bridgehead atoms. The monoisotopic (exact) mass is 243 g/mol. The first kappa shape index (κ1) is 12.1. The summed E-state index contributed by atoms with van der Waals surface area (Å²) in [6.07, 6.45) is 3.55. The first-order valence-corrected chi connectivity index (χ1v) is 5.61. The highest BCUT2D eigenvalue weighted by Crippen LogP contribution is 2.16. The largest absolute Gasteiger partial charge is 0.492 e. The first-order valence-electron chi connectivity index (χ1n) is 5.61. The Bertz CT molecular complexity index is 526. The molecule has 0 spiro atoms. The lowest BCUT2D eigenvalue weighted by atomic mass is 10.2. The molecule has 0 fully saturated rings. The molecule has 0 atom stereocenters. The van der Waals surface area contributed by atoms with Crippen LogP contribution in [0, 0.1) is 0 Å². The van der Waals surface area contributed by atoms with Gasteiger partial charge in [-0.1, -0.05) is 30.3 Å². The quantitative estimate of drug-likeness (QED) is 0.876. The minimum atomic E-state index is -1.03. The van der Waals surface area contributed by atoms with E-state index in [0.29, 0.717) is 12.4 Å². The average Bonchev–Trinajstić information content (AvgIpc) is 2.40. The second-order valence-corrected chi connectivity index (χ2v) is 3.76. The zero-order valence-corrected chi connectivity index (χ0v) is 9.74. The highest BCUT2D eigenvalue weighted by molar-refractivity contribution is 5.90. The number of aromatic nitrogens is 1. The molecule has 4 heteroatoms. The van der Waals surface area contributed by atoms with Crippen LogP contribution < -0.4 is 4.74 Å². The van der Waals surface area contributed by atoms with Gasteiger partial charge in [0, 0.05) is 18.8 Å². The van der Waals surface area contributed by atoms with Crippen molar-refractivity contribution in [2.75, 3.05) is 6.61 Å². The van der Waals surface area contributed by atoms with Crippen molar-refractivity contribution in [3.63, 3.8) is 0 Å². The maximum absolute atomic E-state index is 10.9. The van der Waals surface area contributed by atoms with Crippen molar-refractivity contribution >= 4 is 5.97 Å². The molecular formula is C14H13NO3. The van der Waals surface area contributed by atoms with Crippen molar-refractivity contribution < 1.29 is 14.6 Å². The summed E-state index contributed by atoms with van der Waals surface area (Å²) in [7, 11) is 0. The Labute approximate surface area is 105 Å². The number of carbonyl (C=O) groups is 1. The Morgan fingerprint density at radius 3 is 2.72 bits per heavy atom. The fraction of sp³-hybridized carbons (Fsp3) is 0.143. The van der Waals surface area contributed by atoms with Gasteiger partial charge in [-0.3, -0.25) is 4.98 Å². The van der Waals surface area contributed by atoms with Gasteiger partial charge in [-0.25, -0.2) is 4.79 Å². The second-order valence-electron chi connectivity index (χ2n) is 3.76. The van der Waals surface area contributed by atoms with Gasteiger partial charge in [-0.15, -0.1) is 0 Å². The average molecular weight is 243 g/mol. The highest BCUT2D eigenvalue weighted by Gasteiger charge is 2.10. The third-order valence-electron chi connectivity index (χ3n) is 2.50. The normalized spacial score (nSPS) is 10.0. The maximum atomic E-state index is 10.9. The number of hydrogen-bond acceptors (Lipinski definition) is 3. The van der Waals surface area contributed by atoms with Crippen LogP contribution in [-0.2, 0) is 6.42 Å². The third-order valence-corrected chi connectivity index (χ3v) is 2.50. The Hall–Kier alpha value is -2.36. The van der Waals surface area contributed by atoms with Crippen LogP contribution >= 0.6 is 0 Å². The van der Waals surface area contributed by atoms with Crippen molar-refractivity contribution in [3.8, 4) is 5.75 Å². The summed E-state index contributed by atoms with van der Waals surface area (Å²) in [5.74, 6) is -0.675. The number of rotatable bonds is 5.